The molecule has 1 saturated heterocycles. The van der Waals surface area contributed by atoms with Gasteiger partial charge in [-0.15, -0.1) is 0 Å². The third kappa shape index (κ3) is 2.72. The molecule has 0 bridgehead atoms. The van der Waals surface area contributed by atoms with Gasteiger partial charge in [-0.1, -0.05) is 6.58 Å². The van der Waals surface area contributed by atoms with E-state index in [9.17, 15) is 18.3 Å². The van der Waals surface area contributed by atoms with Gasteiger partial charge < -0.3 is 10.4 Å². The van der Waals surface area contributed by atoms with Crippen molar-refractivity contribution >= 4 is 0 Å². The maximum atomic E-state index is 12.2. The van der Waals surface area contributed by atoms with Crippen LogP contribution in [0.4, 0.5) is 13.2 Å². The quantitative estimate of drug-likeness (QED) is 0.675. The van der Waals surface area contributed by atoms with E-state index in [1.807, 2.05) is 0 Å². The Kier molecular flexibility index (Phi) is 3.55. The first-order chi connectivity index (χ1) is 6.43. The molecule has 14 heavy (non-hydrogen) atoms. The van der Waals surface area contributed by atoms with Gasteiger partial charge >= 0.3 is 6.18 Å². The minimum atomic E-state index is -4.48. The van der Waals surface area contributed by atoms with E-state index in [1.54, 1.807) is 0 Å². The fraction of sp³-hybridized carbons (Fsp3) is 0.778. The Hall–Kier alpha value is -0.550. The van der Waals surface area contributed by atoms with Crippen LogP contribution in [-0.2, 0) is 0 Å². The van der Waals surface area contributed by atoms with Gasteiger partial charge in [0, 0.05) is 0 Å². The Morgan fingerprint density at radius 1 is 1.36 bits per heavy atom. The largest absolute Gasteiger partial charge is 0.414 e. The molecule has 0 saturated carbocycles. The molecule has 5 heteroatoms. The number of alkyl halides is 3. The van der Waals surface area contributed by atoms with Crippen LogP contribution in [0.15, 0.2) is 12.2 Å². The molecule has 0 spiro atoms. The van der Waals surface area contributed by atoms with Gasteiger partial charge in [0.05, 0.1) is 11.7 Å². The highest BCUT2D eigenvalue weighted by molar-refractivity contribution is 5.10. The monoisotopic (exact) mass is 209 g/mol. The summed E-state index contributed by atoms with van der Waals surface area (Å²) in [5, 5.41) is 12.5. The molecule has 0 aromatic rings. The molecule has 82 valence electrons. The third-order valence-electron chi connectivity index (χ3n) is 2.55. The maximum Gasteiger partial charge on any atom is 0.414 e. The van der Waals surface area contributed by atoms with E-state index in [-0.39, 0.29) is 5.92 Å². The normalized spacial score (nSPS) is 22.0. The Morgan fingerprint density at radius 3 is 2.29 bits per heavy atom. The van der Waals surface area contributed by atoms with Crippen LogP contribution in [0.5, 0.6) is 0 Å². The van der Waals surface area contributed by atoms with Gasteiger partial charge in [0.15, 0.2) is 0 Å². The molecular weight excluding hydrogens is 195 g/mol. The zero-order chi connectivity index (χ0) is 10.8. The van der Waals surface area contributed by atoms with E-state index in [0.29, 0.717) is 25.9 Å². The molecule has 0 aromatic carbocycles. The van der Waals surface area contributed by atoms with E-state index >= 15 is 0 Å². The molecule has 1 unspecified atom stereocenters. The van der Waals surface area contributed by atoms with Crippen molar-refractivity contribution in [1.82, 2.24) is 5.32 Å². The van der Waals surface area contributed by atoms with Crippen molar-refractivity contribution in [3.05, 3.63) is 12.2 Å². The molecular formula is C9H14F3NO. The molecule has 1 atom stereocenters. The van der Waals surface area contributed by atoms with Gasteiger partial charge in [0.25, 0.3) is 0 Å². The number of nitrogens with one attached hydrogen (secondary N) is 1. The van der Waals surface area contributed by atoms with Crippen LogP contribution in [-0.4, -0.2) is 30.5 Å². The molecule has 1 rings (SSSR count). The molecule has 1 heterocycles. The molecule has 2 nitrogen and oxygen atoms in total. The molecule has 0 amide bonds. The van der Waals surface area contributed by atoms with Crippen LogP contribution in [0, 0.1) is 5.92 Å². The average Bonchev–Trinajstić information content (AvgIpc) is 2.15. The second kappa shape index (κ2) is 4.31. The number of piperidine rings is 1. The van der Waals surface area contributed by atoms with Crippen LogP contribution in [0.2, 0.25) is 0 Å². The third-order valence-corrected chi connectivity index (χ3v) is 2.55. The Morgan fingerprint density at radius 2 is 1.86 bits per heavy atom. The Bertz CT molecular complexity index is 209. The molecule has 0 radical (unpaired) electrons. The summed E-state index contributed by atoms with van der Waals surface area (Å²) in [6.07, 6.45) is -4.80. The molecule has 1 aliphatic heterocycles. The minimum Gasteiger partial charge on any atom is -0.388 e. The summed E-state index contributed by atoms with van der Waals surface area (Å²) in [7, 11) is 0. The lowest BCUT2D eigenvalue weighted by Crippen LogP contribution is -2.37. The average molecular weight is 209 g/mol. The fourth-order valence-electron chi connectivity index (χ4n) is 1.61. The fourth-order valence-corrected chi connectivity index (χ4v) is 1.61. The Balaban J connectivity index is 2.55. The van der Waals surface area contributed by atoms with Crippen molar-refractivity contribution in [2.75, 3.05) is 13.1 Å². The first-order valence-corrected chi connectivity index (χ1v) is 4.57. The van der Waals surface area contributed by atoms with Crippen LogP contribution in [0.25, 0.3) is 0 Å². The van der Waals surface area contributed by atoms with Crippen LogP contribution >= 0.6 is 0 Å². The SMILES string of the molecule is C=C(C(O)C1CCNCC1)C(F)(F)F. The summed E-state index contributed by atoms with van der Waals surface area (Å²) in [6.45, 7) is 4.22. The number of hydrogen-bond donors (Lipinski definition) is 2. The van der Waals surface area contributed by atoms with Gasteiger partial charge in [0.1, 0.15) is 0 Å². The van der Waals surface area contributed by atoms with Gasteiger partial charge in [-0.3, -0.25) is 0 Å². The summed E-state index contributed by atoms with van der Waals surface area (Å²) in [4.78, 5) is 0. The second-order valence-electron chi connectivity index (χ2n) is 3.56. The van der Waals surface area contributed by atoms with E-state index in [0.717, 1.165) is 0 Å². The Labute approximate surface area is 80.8 Å². The zero-order valence-electron chi connectivity index (χ0n) is 7.77. The molecule has 2 N–H and O–H groups in total. The predicted molar refractivity (Wildman–Crippen MR) is 46.8 cm³/mol. The molecule has 1 aliphatic rings. The predicted octanol–water partition coefficient (Wildman–Crippen LogP) is 1.47. The highest BCUT2D eigenvalue weighted by Crippen LogP contribution is 2.32. The summed E-state index contributed by atoms with van der Waals surface area (Å²) < 4.78 is 36.5. The van der Waals surface area contributed by atoms with Gasteiger partial charge in [-0.25, -0.2) is 0 Å². The first-order valence-electron chi connectivity index (χ1n) is 4.57. The van der Waals surface area contributed by atoms with Crippen molar-refractivity contribution in [2.45, 2.75) is 25.1 Å². The molecule has 0 aliphatic carbocycles. The highest BCUT2D eigenvalue weighted by Gasteiger charge is 2.39. The van der Waals surface area contributed by atoms with Crippen molar-refractivity contribution in [2.24, 2.45) is 5.92 Å². The maximum absolute atomic E-state index is 12.2. The van der Waals surface area contributed by atoms with Crippen molar-refractivity contribution in [1.29, 1.82) is 0 Å². The number of aliphatic hydroxyl groups is 1. The highest BCUT2D eigenvalue weighted by atomic mass is 19.4. The number of halogens is 3. The van der Waals surface area contributed by atoms with Crippen LogP contribution in [0.3, 0.4) is 0 Å². The van der Waals surface area contributed by atoms with E-state index < -0.39 is 17.9 Å². The van der Waals surface area contributed by atoms with Crippen LogP contribution in [0.1, 0.15) is 12.8 Å². The summed E-state index contributed by atoms with van der Waals surface area (Å²) in [5.74, 6) is -0.314. The van der Waals surface area contributed by atoms with Crippen molar-refractivity contribution in [3.8, 4) is 0 Å². The van der Waals surface area contributed by atoms with E-state index in [4.69, 9.17) is 0 Å². The lowest BCUT2D eigenvalue weighted by Gasteiger charge is -2.29. The second-order valence-corrected chi connectivity index (χ2v) is 3.56. The van der Waals surface area contributed by atoms with E-state index in [1.165, 1.54) is 0 Å². The van der Waals surface area contributed by atoms with Crippen molar-refractivity contribution in [3.63, 3.8) is 0 Å². The van der Waals surface area contributed by atoms with Gasteiger partial charge in [-0.05, 0) is 31.8 Å². The zero-order valence-corrected chi connectivity index (χ0v) is 7.77. The van der Waals surface area contributed by atoms with E-state index in [2.05, 4.69) is 11.9 Å². The van der Waals surface area contributed by atoms with Gasteiger partial charge in [-0.2, -0.15) is 13.2 Å². The number of aliphatic hydroxyl groups excluding tert-OH is 1. The number of rotatable bonds is 2. The lowest BCUT2D eigenvalue weighted by molar-refractivity contribution is -0.110. The standard InChI is InChI=1S/C9H14F3NO/c1-6(9(10,11)12)8(14)7-2-4-13-5-3-7/h7-8,13-14H,1-5H2. The lowest BCUT2D eigenvalue weighted by atomic mass is 9.88. The van der Waals surface area contributed by atoms with Crippen LogP contribution < -0.4 is 5.32 Å². The molecule has 0 aromatic heterocycles. The topological polar surface area (TPSA) is 32.3 Å². The summed E-state index contributed by atoms with van der Waals surface area (Å²) >= 11 is 0. The first kappa shape index (κ1) is 11.5. The smallest absolute Gasteiger partial charge is 0.388 e. The molecule has 1 fully saturated rings. The number of hydrogen-bond acceptors (Lipinski definition) is 2. The van der Waals surface area contributed by atoms with Crippen molar-refractivity contribution < 1.29 is 18.3 Å². The van der Waals surface area contributed by atoms with Gasteiger partial charge in [0.2, 0.25) is 0 Å². The summed E-state index contributed by atoms with van der Waals surface area (Å²) in [5.41, 5.74) is -1.02. The summed E-state index contributed by atoms with van der Waals surface area (Å²) in [6, 6.07) is 0. The minimum absolute atomic E-state index is 0.314.